The van der Waals surface area contributed by atoms with Crippen molar-refractivity contribution in [3.05, 3.63) is 65.7 Å². The molecule has 2 rings (SSSR count). The minimum atomic E-state index is -3.57. The monoisotopic (exact) mass is 417 g/mol. The first-order chi connectivity index (χ1) is 13.8. The number of rotatable bonds is 11. The number of nitrogens with zero attached hydrogens (tertiary/aromatic N) is 2. The van der Waals surface area contributed by atoms with Crippen LogP contribution in [0.3, 0.4) is 0 Å². The Morgan fingerprint density at radius 1 is 1.00 bits per heavy atom. The van der Waals surface area contributed by atoms with Crippen molar-refractivity contribution in [1.29, 1.82) is 0 Å². The predicted octanol–water partition coefficient (Wildman–Crippen LogP) is 2.79. The molecule has 0 aliphatic rings. The Balaban J connectivity index is 2.08. The molecule has 0 saturated heterocycles. The van der Waals surface area contributed by atoms with Gasteiger partial charge in [0, 0.05) is 32.2 Å². The normalized spacial score (nSPS) is 13.0. The van der Waals surface area contributed by atoms with E-state index in [0.29, 0.717) is 12.1 Å². The second-order valence-electron chi connectivity index (χ2n) is 7.02. The van der Waals surface area contributed by atoms with Gasteiger partial charge in [-0.05, 0) is 30.8 Å². The number of Topliss-reactive ketones (excluding diaryl/α,β-unsaturated/α-hetero) is 1. The molecule has 1 atom stereocenters. The molecule has 0 fully saturated rings. The number of benzene rings is 2. The molecule has 0 aliphatic heterocycles. The lowest BCUT2D eigenvalue weighted by Gasteiger charge is -2.30. The zero-order valence-corrected chi connectivity index (χ0v) is 18.4. The second kappa shape index (κ2) is 10.6. The first-order valence-electron chi connectivity index (χ1n) is 9.86. The molecule has 158 valence electrons. The summed E-state index contributed by atoms with van der Waals surface area (Å²) in [5.41, 5.74) is 1.59. The van der Waals surface area contributed by atoms with E-state index in [1.165, 1.54) is 31.8 Å². The summed E-state index contributed by atoms with van der Waals surface area (Å²) in [6, 6.07) is 16.6. The quantitative estimate of drug-likeness (QED) is 0.570. The van der Waals surface area contributed by atoms with Crippen LogP contribution in [0.5, 0.6) is 0 Å². The van der Waals surface area contributed by atoms with E-state index in [1.807, 2.05) is 18.2 Å². The van der Waals surface area contributed by atoms with Crippen molar-refractivity contribution >= 4 is 15.8 Å². The molecule has 29 heavy (non-hydrogen) atoms. The van der Waals surface area contributed by atoms with Crippen LogP contribution in [0, 0.1) is 0 Å². The summed E-state index contributed by atoms with van der Waals surface area (Å²) >= 11 is 0. The number of likely N-dealkylation sites (N-methyl/N-ethyl adjacent to an activating group) is 1. The van der Waals surface area contributed by atoms with E-state index in [0.717, 1.165) is 17.4 Å². The van der Waals surface area contributed by atoms with Crippen LogP contribution >= 0.6 is 0 Å². The van der Waals surface area contributed by atoms with Crippen molar-refractivity contribution in [3.63, 3.8) is 0 Å². The van der Waals surface area contributed by atoms with Crippen LogP contribution < -0.4 is 5.32 Å². The smallest absolute Gasteiger partial charge is 0.242 e. The van der Waals surface area contributed by atoms with Crippen LogP contribution in [0.1, 0.15) is 35.8 Å². The summed E-state index contributed by atoms with van der Waals surface area (Å²) in [6.45, 7) is 6.86. The van der Waals surface area contributed by atoms with E-state index in [9.17, 15) is 13.2 Å². The Labute approximate surface area is 174 Å². The molecule has 0 amide bonds. The van der Waals surface area contributed by atoms with Gasteiger partial charge >= 0.3 is 0 Å². The van der Waals surface area contributed by atoms with E-state index in [-0.39, 0.29) is 23.3 Å². The molecule has 0 saturated carbocycles. The third-order valence-electron chi connectivity index (χ3n) is 5.00. The maximum atomic E-state index is 12.6. The topological polar surface area (TPSA) is 69.7 Å². The molecule has 2 aromatic carbocycles. The van der Waals surface area contributed by atoms with E-state index in [2.05, 4.69) is 36.2 Å². The number of carbonyl (C=O) groups excluding carboxylic acids is 1. The first kappa shape index (κ1) is 23.2. The van der Waals surface area contributed by atoms with Crippen LogP contribution in [0.25, 0.3) is 0 Å². The van der Waals surface area contributed by atoms with Crippen molar-refractivity contribution in [2.24, 2.45) is 0 Å². The summed E-state index contributed by atoms with van der Waals surface area (Å²) in [5, 5.41) is 3.26. The van der Waals surface area contributed by atoms with Gasteiger partial charge in [-0.2, -0.15) is 0 Å². The molecule has 1 N–H and O–H groups in total. The Kier molecular flexibility index (Phi) is 8.52. The molecule has 0 bridgehead atoms. The van der Waals surface area contributed by atoms with Gasteiger partial charge in [-0.1, -0.05) is 56.3 Å². The van der Waals surface area contributed by atoms with E-state index < -0.39 is 10.0 Å². The van der Waals surface area contributed by atoms with Crippen molar-refractivity contribution in [2.45, 2.75) is 24.8 Å². The molecule has 7 heteroatoms. The molecule has 2 aromatic rings. The lowest BCUT2D eigenvalue weighted by molar-refractivity contribution is 0.0986. The van der Waals surface area contributed by atoms with Crippen LogP contribution in [0.15, 0.2) is 59.5 Å². The Hall–Kier alpha value is -2.06. The van der Waals surface area contributed by atoms with Crippen molar-refractivity contribution in [3.8, 4) is 0 Å². The fourth-order valence-electron chi connectivity index (χ4n) is 3.26. The number of carbonyl (C=O) groups is 1. The third-order valence-corrected chi connectivity index (χ3v) is 6.81. The third kappa shape index (κ3) is 5.96. The molecule has 0 aromatic heterocycles. The van der Waals surface area contributed by atoms with Crippen LogP contribution in [0.4, 0.5) is 0 Å². The number of hydrogen-bond acceptors (Lipinski definition) is 5. The zero-order valence-electron chi connectivity index (χ0n) is 17.6. The predicted molar refractivity (Wildman–Crippen MR) is 117 cm³/mol. The summed E-state index contributed by atoms with van der Waals surface area (Å²) in [5.74, 6) is -0.132. The Bertz CT molecular complexity index is 895. The highest BCUT2D eigenvalue weighted by molar-refractivity contribution is 7.89. The van der Waals surface area contributed by atoms with E-state index in [1.54, 1.807) is 12.1 Å². The maximum Gasteiger partial charge on any atom is 0.242 e. The lowest BCUT2D eigenvalue weighted by atomic mass is 10.0. The van der Waals surface area contributed by atoms with Gasteiger partial charge in [0.1, 0.15) is 0 Å². The SMILES string of the molecule is CCN(CC)C(CNCC(=O)c1cccc(S(=O)(=O)N(C)C)c1)c1ccccc1. The minimum Gasteiger partial charge on any atom is -0.308 e. The average Bonchev–Trinajstić information content (AvgIpc) is 2.73. The molecular formula is C22H31N3O3S. The summed E-state index contributed by atoms with van der Waals surface area (Å²) in [6.07, 6.45) is 0. The van der Waals surface area contributed by atoms with Crippen molar-refractivity contribution in [2.75, 3.05) is 40.3 Å². The van der Waals surface area contributed by atoms with E-state index >= 15 is 0 Å². The minimum absolute atomic E-state index is 0.124. The highest BCUT2D eigenvalue weighted by Gasteiger charge is 2.20. The van der Waals surface area contributed by atoms with Gasteiger partial charge in [-0.3, -0.25) is 9.69 Å². The van der Waals surface area contributed by atoms with E-state index in [4.69, 9.17) is 0 Å². The van der Waals surface area contributed by atoms with Crippen LogP contribution in [-0.2, 0) is 10.0 Å². The highest BCUT2D eigenvalue weighted by atomic mass is 32.2. The molecule has 6 nitrogen and oxygen atoms in total. The van der Waals surface area contributed by atoms with Gasteiger partial charge in [0.05, 0.1) is 11.4 Å². The van der Waals surface area contributed by atoms with Gasteiger partial charge in [0.25, 0.3) is 0 Å². The number of sulfonamides is 1. The second-order valence-corrected chi connectivity index (χ2v) is 9.17. The molecule has 0 radical (unpaired) electrons. The van der Waals surface area contributed by atoms with Crippen molar-refractivity contribution in [1.82, 2.24) is 14.5 Å². The van der Waals surface area contributed by atoms with Crippen LogP contribution in [0.2, 0.25) is 0 Å². The summed E-state index contributed by atoms with van der Waals surface area (Å²) in [4.78, 5) is 15.1. The zero-order chi connectivity index (χ0) is 21.4. The van der Waals surface area contributed by atoms with Gasteiger partial charge < -0.3 is 5.32 Å². The summed E-state index contributed by atoms with van der Waals surface area (Å²) < 4.78 is 25.7. The van der Waals surface area contributed by atoms with Gasteiger partial charge in [0.15, 0.2) is 5.78 Å². The molecule has 0 heterocycles. The van der Waals surface area contributed by atoms with Gasteiger partial charge in [-0.15, -0.1) is 0 Å². The molecule has 1 unspecified atom stereocenters. The largest absolute Gasteiger partial charge is 0.308 e. The standard InChI is InChI=1S/C22H31N3O3S/c1-5-25(6-2)21(18-11-8-7-9-12-18)16-23-17-22(26)19-13-10-14-20(15-19)29(27,28)24(3)4/h7-15,21,23H,5-6,16-17H2,1-4H3. The van der Waals surface area contributed by atoms with Gasteiger partial charge in [0.2, 0.25) is 10.0 Å². The van der Waals surface area contributed by atoms with Gasteiger partial charge in [-0.25, -0.2) is 12.7 Å². The van der Waals surface area contributed by atoms with Crippen molar-refractivity contribution < 1.29 is 13.2 Å². The number of hydrogen-bond donors (Lipinski definition) is 1. The summed E-state index contributed by atoms with van der Waals surface area (Å²) in [7, 11) is -0.618. The average molecular weight is 418 g/mol. The lowest BCUT2D eigenvalue weighted by Crippen LogP contribution is -2.37. The molecular weight excluding hydrogens is 386 g/mol. The number of ketones is 1. The Morgan fingerprint density at radius 2 is 1.66 bits per heavy atom. The van der Waals surface area contributed by atoms with Crippen LogP contribution in [-0.4, -0.2) is 63.7 Å². The maximum absolute atomic E-state index is 12.6. The Morgan fingerprint density at radius 3 is 2.24 bits per heavy atom. The fraction of sp³-hybridized carbons (Fsp3) is 0.409. The molecule has 0 aliphatic carbocycles. The molecule has 0 spiro atoms. The number of nitrogens with one attached hydrogen (secondary N) is 1. The fourth-order valence-corrected chi connectivity index (χ4v) is 4.21. The highest BCUT2D eigenvalue weighted by Crippen LogP contribution is 2.19. The first-order valence-corrected chi connectivity index (χ1v) is 11.3.